The first kappa shape index (κ1) is 13.4. The van der Waals surface area contributed by atoms with Gasteiger partial charge in [-0.15, -0.1) is 0 Å². The third-order valence-corrected chi connectivity index (χ3v) is 2.41. The smallest absolute Gasteiger partial charge is 0.280 e. The van der Waals surface area contributed by atoms with Crippen molar-refractivity contribution in [2.24, 2.45) is 0 Å². The van der Waals surface area contributed by atoms with Crippen LogP contribution < -0.4 is 11.3 Å². The van der Waals surface area contributed by atoms with E-state index in [-0.39, 0.29) is 37.1 Å². The number of nitrogens with two attached hydrogens (primary N) is 1. The number of anilines is 1. The quantitative estimate of drug-likeness (QED) is 0.367. The summed E-state index contributed by atoms with van der Waals surface area (Å²) in [6.45, 7) is -0.538. The molecule has 0 fully saturated rings. The van der Waals surface area contributed by atoms with Gasteiger partial charge in [0.1, 0.15) is 19.4 Å². The molecule has 1 unspecified atom stereocenters. The Morgan fingerprint density at radius 2 is 2.37 bits per heavy atom. The molecule has 2 aromatic rings. The van der Waals surface area contributed by atoms with Crippen LogP contribution in [0, 0.1) is 0 Å². The molecule has 0 amide bonds. The Morgan fingerprint density at radius 3 is 3.05 bits per heavy atom. The molecule has 2 rings (SSSR count). The lowest BCUT2D eigenvalue weighted by Crippen LogP contribution is -2.24. The highest BCUT2D eigenvalue weighted by molar-refractivity contribution is 5.70. The molecule has 2 heterocycles. The fraction of sp³-hybridized carbons (Fsp3) is 0.444. The number of ether oxygens (including phenoxy) is 1. The van der Waals surface area contributed by atoms with Crippen LogP contribution in [-0.4, -0.2) is 49.2 Å². The Bertz CT molecular complexity index is 609. The van der Waals surface area contributed by atoms with E-state index in [1.54, 1.807) is 0 Å². The second-order valence-electron chi connectivity index (χ2n) is 3.73. The highest BCUT2D eigenvalue weighted by Crippen LogP contribution is 2.07. The van der Waals surface area contributed by atoms with E-state index in [9.17, 15) is 4.79 Å². The van der Waals surface area contributed by atoms with Crippen molar-refractivity contribution in [3.05, 3.63) is 16.7 Å². The van der Waals surface area contributed by atoms with Gasteiger partial charge in [-0.1, -0.05) is 0 Å². The Hall–Kier alpha value is -2.01. The third-order valence-electron chi connectivity index (χ3n) is 2.41. The maximum absolute atomic E-state index is 11.5. The highest BCUT2D eigenvalue weighted by Gasteiger charge is 2.12. The van der Waals surface area contributed by atoms with Crippen LogP contribution in [0.1, 0.15) is 0 Å². The lowest BCUT2D eigenvalue weighted by molar-refractivity contribution is -0.265. The zero-order valence-electron chi connectivity index (χ0n) is 9.81. The van der Waals surface area contributed by atoms with Crippen LogP contribution in [-0.2, 0) is 16.4 Å². The summed E-state index contributed by atoms with van der Waals surface area (Å²) in [6.07, 6.45) is 0.655. The van der Waals surface area contributed by atoms with Crippen LogP contribution in [0.15, 0.2) is 11.1 Å². The predicted molar refractivity (Wildman–Crippen MR) is 63.1 cm³/mol. The number of H-pyrrole nitrogens is 1. The zero-order chi connectivity index (χ0) is 13.8. The van der Waals surface area contributed by atoms with Crippen molar-refractivity contribution in [2.45, 2.75) is 12.8 Å². The molecule has 10 nitrogen and oxygen atoms in total. The summed E-state index contributed by atoms with van der Waals surface area (Å²) in [4.78, 5) is 25.6. The number of nitrogen functional groups attached to an aromatic ring is 1. The number of imidazole rings is 1. The number of rotatable bonds is 6. The Kier molecular flexibility index (Phi) is 4.06. The molecule has 2 aromatic heterocycles. The molecule has 0 spiro atoms. The summed E-state index contributed by atoms with van der Waals surface area (Å²) in [6, 6.07) is 0. The highest BCUT2D eigenvalue weighted by atomic mass is 17.1. The molecule has 104 valence electrons. The van der Waals surface area contributed by atoms with Gasteiger partial charge >= 0.3 is 0 Å². The van der Waals surface area contributed by atoms with Gasteiger partial charge in [-0.05, 0) is 0 Å². The molecule has 0 aliphatic rings. The van der Waals surface area contributed by atoms with Crippen LogP contribution in [0.2, 0.25) is 0 Å². The van der Waals surface area contributed by atoms with E-state index in [0.29, 0.717) is 0 Å². The van der Waals surface area contributed by atoms with E-state index in [1.807, 2.05) is 0 Å². The van der Waals surface area contributed by atoms with Crippen LogP contribution >= 0.6 is 0 Å². The van der Waals surface area contributed by atoms with Gasteiger partial charge in [0.05, 0.1) is 12.9 Å². The predicted octanol–water partition coefficient (Wildman–Crippen LogP) is -1.47. The van der Waals surface area contributed by atoms with E-state index in [4.69, 9.17) is 20.8 Å². The summed E-state index contributed by atoms with van der Waals surface area (Å²) < 4.78 is 6.70. The molecule has 0 aromatic carbocycles. The summed E-state index contributed by atoms with van der Waals surface area (Å²) in [7, 11) is 0. The number of aliphatic hydroxyl groups excluding tert-OH is 1. The lowest BCUT2D eigenvalue weighted by atomic mass is 10.4. The lowest BCUT2D eigenvalue weighted by Gasteiger charge is -2.13. The summed E-state index contributed by atoms with van der Waals surface area (Å²) in [5.74, 6) is -0.0309. The van der Waals surface area contributed by atoms with Crippen molar-refractivity contribution in [1.82, 2.24) is 19.5 Å². The van der Waals surface area contributed by atoms with Gasteiger partial charge in [-0.2, -0.15) is 4.98 Å². The summed E-state index contributed by atoms with van der Waals surface area (Å²) in [5.41, 5.74) is 5.40. The number of fused-ring (bicyclic) bond motifs is 1. The Labute approximate surface area is 106 Å². The first-order valence-corrected chi connectivity index (χ1v) is 5.35. The molecule has 5 N–H and O–H groups in total. The number of nitrogens with one attached hydrogen (secondary N) is 1. The van der Waals surface area contributed by atoms with Crippen molar-refractivity contribution in [3.8, 4) is 0 Å². The summed E-state index contributed by atoms with van der Waals surface area (Å²) in [5, 5.41) is 17.2. The fourth-order valence-corrected chi connectivity index (χ4v) is 1.49. The van der Waals surface area contributed by atoms with Crippen molar-refractivity contribution < 1.29 is 20.0 Å². The monoisotopic (exact) mass is 271 g/mol. The largest absolute Gasteiger partial charge is 0.394 e. The van der Waals surface area contributed by atoms with Crippen molar-refractivity contribution >= 4 is 17.1 Å². The van der Waals surface area contributed by atoms with E-state index < -0.39 is 11.7 Å². The minimum Gasteiger partial charge on any atom is -0.394 e. The number of aromatic amines is 1. The van der Waals surface area contributed by atoms with Crippen molar-refractivity contribution in [1.29, 1.82) is 0 Å². The molecule has 0 saturated heterocycles. The van der Waals surface area contributed by atoms with Crippen LogP contribution in [0.5, 0.6) is 0 Å². The SMILES string of the molecule is Nc1nc2c(ncn2COC(CO)COO)c(=O)[nH]1. The molecule has 0 radical (unpaired) electrons. The van der Waals surface area contributed by atoms with E-state index in [0.717, 1.165) is 0 Å². The molecule has 0 bridgehead atoms. The first-order valence-electron chi connectivity index (χ1n) is 5.35. The number of aliphatic hydroxyl groups is 1. The molecule has 0 aliphatic heterocycles. The third kappa shape index (κ3) is 2.88. The van der Waals surface area contributed by atoms with E-state index in [1.165, 1.54) is 10.9 Å². The zero-order valence-corrected chi connectivity index (χ0v) is 9.81. The minimum atomic E-state index is -0.707. The van der Waals surface area contributed by atoms with Gasteiger partial charge < -0.3 is 15.6 Å². The maximum atomic E-state index is 11.5. The first-order chi connectivity index (χ1) is 9.15. The van der Waals surface area contributed by atoms with Crippen molar-refractivity contribution in [3.63, 3.8) is 0 Å². The molecular formula is C9H13N5O5. The standard InChI is InChI=1S/C9H13N5O5/c10-9-12-7-6(8(16)13-9)11-3-14(7)4-18-5(1-15)2-19-17/h3,5,15,17H,1-2,4H2,(H3,10,12,13,16). The molecule has 10 heteroatoms. The molecular weight excluding hydrogens is 258 g/mol. The maximum Gasteiger partial charge on any atom is 0.280 e. The van der Waals surface area contributed by atoms with Gasteiger partial charge in [0.25, 0.3) is 5.56 Å². The van der Waals surface area contributed by atoms with Crippen LogP contribution in [0.25, 0.3) is 11.2 Å². The van der Waals surface area contributed by atoms with Crippen molar-refractivity contribution in [2.75, 3.05) is 18.9 Å². The molecule has 0 saturated carbocycles. The minimum absolute atomic E-state index is 0.0268. The Balaban J connectivity index is 2.19. The van der Waals surface area contributed by atoms with Crippen LogP contribution in [0.4, 0.5) is 5.95 Å². The number of aromatic nitrogens is 4. The number of hydrogen-bond acceptors (Lipinski definition) is 8. The van der Waals surface area contributed by atoms with Gasteiger partial charge in [0.15, 0.2) is 11.2 Å². The van der Waals surface area contributed by atoms with E-state index >= 15 is 0 Å². The topological polar surface area (TPSA) is 149 Å². The van der Waals surface area contributed by atoms with Gasteiger partial charge in [-0.3, -0.25) is 19.6 Å². The normalized spacial score (nSPS) is 12.9. The van der Waals surface area contributed by atoms with E-state index in [2.05, 4.69) is 19.8 Å². The summed E-state index contributed by atoms with van der Waals surface area (Å²) >= 11 is 0. The number of hydrogen-bond donors (Lipinski definition) is 4. The molecule has 19 heavy (non-hydrogen) atoms. The fourth-order valence-electron chi connectivity index (χ4n) is 1.49. The average Bonchev–Trinajstić information content (AvgIpc) is 2.78. The molecule has 1 atom stereocenters. The molecule has 0 aliphatic carbocycles. The van der Waals surface area contributed by atoms with Crippen LogP contribution in [0.3, 0.4) is 0 Å². The van der Waals surface area contributed by atoms with Gasteiger partial charge in [-0.25, -0.2) is 9.87 Å². The average molecular weight is 271 g/mol. The Morgan fingerprint density at radius 1 is 1.58 bits per heavy atom. The second-order valence-corrected chi connectivity index (χ2v) is 3.73. The second kappa shape index (κ2) is 5.75. The number of nitrogens with zero attached hydrogens (tertiary/aromatic N) is 3. The van der Waals surface area contributed by atoms with Gasteiger partial charge in [0, 0.05) is 0 Å². The van der Waals surface area contributed by atoms with Gasteiger partial charge in [0.2, 0.25) is 5.95 Å².